The molecule has 0 saturated heterocycles. The summed E-state index contributed by atoms with van der Waals surface area (Å²) < 4.78 is 70.8. The van der Waals surface area contributed by atoms with Crippen molar-refractivity contribution in [1.29, 1.82) is 0 Å². The first kappa shape index (κ1) is 34.2. The maximum Gasteiger partial charge on any atom is 0.246 e. The van der Waals surface area contributed by atoms with E-state index in [1.807, 2.05) is 30.3 Å². The van der Waals surface area contributed by atoms with E-state index in [4.69, 9.17) is 5.73 Å². The highest BCUT2D eigenvalue weighted by molar-refractivity contribution is 5.95. The van der Waals surface area contributed by atoms with Crippen LogP contribution in [0.3, 0.4) is 0 Å². The molecule has 12 heteroatoms. The van der Waals surface area contributed by atoms with Crippen molar-refractivity contribution in [2.24, 2.45) is 5.73 Å². The van der Waals surface area contributed by atoms with E-state index >= 15 is 0 Å². The second-order valence-electron chi connectivity index (χ2n) is 11.2. The van der Waals surface area contributed by atoms with Crippen molar-refractivity contribution in [2.45, 2.75) is 50.7 Å². The molecule has 3 N–H and O–H groups in total. The zero-order valence-electron chi connectivity index (χ0n) is 25.1. The van der Waals surface area contributed by atoms with Crippen LogP contribution in [0, 0.1) is 29.1 Å². The molecule has 2 atom stereocenters. The van der Waals surface area contributed by atoms with E-state index in [0.29, 0.717) is 12.0 Å². The number of halogens is 5. The molecule has 0 radical (unpaired) electrons. The van der Waals surface area contributed by atoms with E-state index in [1.54, 1.807) is 32.1 Å². The lowest BCUT2D eigenvalue weighted by Gasteiger charge is -2.34. The van der Waals surface area contributed by atoms with Crippen LogP contribution in [0.5, 0.6) is 0 Å². The van der Waals surface area contributed by atoms with Gasteiger partial charge in [-0.25, -0.2) is 22.0 Å². The predicted octanol–water partition coefficient (Wildman–Crippen LogP) is 4.40. The zero-order valence-corrected chi connectivity index (χ0v) is 25.1. The van der Waals surface area contributed by atoms with Gasteiger partial charge in [0, 0.05) is 45.1 Å². The third-order valence-electron chi connectivity index (χ3n) is 7.36. The summed E-state index contributed by atoms with van der Waals surface area (Å²) in [6, 6.07) is 9.87. The fourth-order valence-electron chi connectivity index (χ4n) is 4.79. The molecule has 3 amide bonds. The number of fused-ring (bicyclic) bond motifs is 1. The number of hydrogen-bond donors (Lipinski definition) is 2. The maximum absolute atomic E-state index is 14.6. The van der Waals surface area contributed by atoms with E-state index in [-0.39, 0.29) is 6.42 Å². The summed E-state index contributed by atoms with van der Waals surface area (Å²) in [4.78, 5) is 42.2. The molecule has 0 spiro atoms. The number of benzene rings is 3. The average Bonchev–Trinajstić information content (AvgIpc) is 2.99. The van der Waals surface area contributed by atoms with Crippen molar-refractivity contribution in [3.63, 3.8) is 0 Å². The van der Waals surface area contributed by atoms with Crippen LogP contribution in [0.2, 0.25) is 0 Å². The van der Waals surface area contributed by atoms with Crippen LogP contribution < -0.4 is 11.1 Å². The second-order valence-corrected chi connectivity index (χ2v) is 11.2. The summed E-state index contributed by atoms with van der Waals surface area (Å²) in [5.41, 5.74) is 4.83. The highest BCUT2D eigenvalue weighted by Gasteiger charge is 2.37. The SMILES string of the molecule is CNC(=O)[C@@H](Cc1c(F)c(F)c(F)c(F)c1F)N(C)C(=O)[C@@H](Cc1cccc2ccccc12)N(C)C(=O)/C=C/CC(C)(C)N. The van der Waals surface area contributed by atoms with Crippen molar-refractivity contribution in [1.82, 2.24) is 15.1 Å². The minimum Gasteiger partial charge on any atom is -0.357 e. The normalized spacial score (nSPS) is 13.2. The molecule has 0 heterocycles. The first-order valence-corrected chi connectivity index (χ1v) is 13.8. The van der Waals surface area contributed by atoms with E-state index in [1.165, 1.54) is 25.1 Å². The Kier molecular flexibility index (Phi) is 10.9. The quantitative estimate of drug-likeness (QED) is 0.144. The summed E-state index contributed by atoms with van der Waals surface area (Å²) in [6.07, 6.45) is 2.14. The molecule has 236 valence electrons. The van der Waals surface area contributed by atoms with Gasteiger partial charge in [-0.1, -0.05) is 48.5 Å². The van der Waals surface area contributed by atoms with Crippen LogP contribution in [0.4, 0.5) is 22.0 Å². The van der Waals surface area contributed by atoms with Crippen LogP contribution >= 0.6 is 0 Å². The van der Waals surface area contributed by atoms with Gasteiger partial charge < -0.3 is 20.9 Å². The van der Waals surface area contributed by atoms with Crippen LogP contribution in [-0.2, 0) is 27.2 Å². The van der Waals surface area contributed by atoms with Gasteiger partial charge in [0.05, 0.1) is 0 Å². The maximum atomic E-state index is 14.6. The first-order chi connectivity index (χ1) is 20.6. The zero-order chi connectivity index (χ0) is 32.9. The van der Waals surface area contributed by atoms with Gasteiger partial charge in [0.2, 0.25) is 23.5 Å². The molecular formula is C32H35F5N4O3. The molecule has 0 aromatic heterocycles. The average molecular weight is 619 g/mol. The van der Waals surface area contributed by atoms with Crippen molar-refractivity contribution in [2.75, 3.05) is 21.1 Å². The molecule has 3 aromatic rings. The van der Waals surface area contributed by atoms with E-state index in [2.05, 4.69) is 5.32 Å². The van der Waals surface area contributed by atoms with Gasteiger partial charge in [-0.05, 0) is 42.7 Å². The fraction of sp³-hybridized carbons (Fsp3) is 0.344. The molecule has 0 saturated carbocycles. The summed E-state index contributed by atoms with van der Waals surface area (Å²) in [6.45, 7) is 3.55. The smallest absolute Gasteiger partial charge is 0.246 e. The minimum absolute atomic E-state index is 0.0218. The number of hydrogen-bond acceptors (Lipinski definition) is 4. The summed E-state index contributed by atoms with van der Waals surface area (Å²) in [7, 11) is 3.75. The molecule has 0 bridgehead atoms. The fourth-order valence-corrected chi connectivity index (χ4v) is 4.79. The Labute approximate surface area is 252 Å². The number of carbonyl (C=O) groups is 3. The van der Waals surface area contributed by atoms with Gasteiger partial charge in [0.15, 0.2) is 23.3 Å². The van der Waals surface area contributed by atoms with Crippen LogP contribution in [0.25, 0.3) is 10.8 Å². The molecule has 44 heavy (non-hydrogen) atoms. The van der Waals surface area contributed by atoms with Gasteiger partial charge in [-0.15, -0.1) is 0 Å². The Morgan fingerprint density at radius 1 is 0.841 bits per heavy atom. The number of amides is 3. The van der Waals surface area contributed by atoms with Crippen molar-refractivity contribution < 1.29 is 36.3 Å². The molecule has 0 fully saturated rings. The minimum atomic E-state index is -2.34. The van der Waals surface area contributed by atoms with Gasteiger partial charge in [-0.2, -0.15) is 0 Å². The van der Waals surface area contributed by atoms with E-state index in [9.17, 15) is 36.3 Å². The molecule has 0 unspecified atom stereocenters. The van der Waals surface area contributed by atoms with Crippen LogP contribution in [0.15, 0.2) is 54.6 Å². The number of rotatable bonds is 11. The molecule has 3 aromatic carbocycles. The third-order valence-corrected chi connectivity index (χ3v) is 7.36. The molecule has 3 rings (SSSR count). The molecular weight excluding hydrogens is 583 g/mol. The topological polar surface area (TPSA) is 95.7 Å². The Hall–Kier alpha value is -4.32. The molecule has 0 aliphatic carbocycles. The van der Waals surface area contributed by atoms with Crippen LogP contribution in [-0.4, -0.2) is 66.3 Å². The predicted molar refractivity (Wildman–Crippen MR) is 157 cm³/mol. The molecule has 7 nitrogen and oxygen atoms in total. The Morgan fingerprint density at radius 2 is 1.41 bits per heavy atom. The Bertz CT molecular complexity index is 1550. The Balaban J connectivity index is 2.06. The van der Waals surface area contributed by atoms with E-state index in [0.717, 1.165) is 22.7 Å². The van der Waals surface area contributed by atoms with Crippen molar-refractivity contribution in [3.05, 3.63) is 94.8 Å². The molecule has 0 aliphatic rings. The monoisotopic (exact) mass is 618 g/mol. The number of carbonyl (C=O) groups excluding carboxylic acids is 3. The third kappa shape index (κ3) is 7.60. The summed E-state index contributed by atoms with van der Waals surface area (Å²) >= 11 is 0. The van der Waals surface area contributed by atoms with E-state index < -0.39 is 76.4 Å². The lowest BCUT2D eigenvalue weighted by atomic mass is 9.96. The van der Waals surface area contributed by atoms with Crippen molar-refractivity contribution in [3.8, 4) is 0 Å². The van der Waals surface area contributed by atoms with Gasteiger partial charge >= 0.3 is 0 Å². The highest BCUT2D eigenvalue weighted by atomic mass is 19.2. The van der Waals surface area contributed by atoms with Gasteiger partial charge in [-0.3, -0.25) is 14.4 Å². The second kappa shape index (κ2) is 14.0. The highest BCUT2D eigenvalue weighted by Crippen LogP contribution is 2.26. The lowest BCUT2D eigenvalue weighted by molar-refractivity contribution is -0.146. The lowest BCUT2D eigenvalue weighted by Crippen LogP contribution is -2.55. The van der Waals surface area contributed by atoms with Gasteiger partial charge in [0.1, 0.15) is 12.1 Å². The Morgan fingerprint density at radius 3 is 2.00 bits per heavy atom. The number of nitrogens with zero attached hydrogens (tertiary/aromatic N) is 2. The van der Waals surface area contributed by atoms with Crippen LogP contribution in [0.1, 0.15) is 31.4 Å². The number of likely N-dealkylation sites (N-methyl/N-ethyl adjacent to an activating group) is 3. The summed E-state index contributed by atoms with van der Waals surface area (Å²) in [5.74, 6) is -13.2. The van der Waals surface area contributed by atoms with Crippen molar-refractivity contribution >= 4 is 28.5 Å². The number of nitrogens with one attached hydrogen (secondary N) is 1. The molecule has 0 aliphatic heterocycles. The number of nitrogens with two attached hydrogens (primary N) is 1. The first-order valence-electron chi connectivity index (χ1n) is 13.8. The largest absolute Gasteiger partial charge is 0.357 e. The summed E-state index contributed by atoms with van der Waals surface area (Å²) in [5, 5.41) is 3.94. The van der Waals surface area contributed by atoms with Gasteiger partial charge in [0.25, 0.3) is 0 Å². The standard InChI is InChI=1S/C32H35F5N4O3/c1-32(2,38)15-9-14-24(42)40(4)23(16-19-12-8-11-18-10-6-7-13-20(18)19)31(44)41(5)22(30(43)39-3)17-21-25(33)27(35)29(37)28(36)26(21)34/h6-14,22-23H,15-17,38H2,1-5H3,(H,39,43)/b14-9+/t22-,23-/m1/s1.